The molecule has 0 saturated carbocycles. The Labute approximate surface area is 141 Å². The maximum Gasteiger partial charge on any atom is 0.252 e. The summed E-state index contributed by atoms with van der Waals surface area (Å²) in [6, 6.07) is 12.9. The molecule has 7 heteroatoms. The molecular formula is C17H19NO5S. The quantitative estimate of drug-likeness (QED) is 0.736. The molecule has 0 spiro atoms. The Morgan fingerprint density at radius 1 is 1.12 bits per heavy atom. The molecule has 2 aromatic rings. The first-order valence-electron chi connectivity index (χ1n) is 7.32. The lowest BCUT2D eigenvalue weighted by molar-refractivity contribution is 0.0996. The molecule has 1 amide bonds. The van der Waals surface area contributed by atoms with Gasteiger partial charge < -0.3 is 15.2 Å². The maximum absolute atomic E-state index is 12.2. The van der Waals surface area contributed by atoms with E-state index in [-0.39, 0.29) is 35.0 Å². The van der Waals surface area contributed by atoms with Crippen LogP contribution >= 0.6 is 0 Å². The Bertz CT molecular complexity index is 803. The average molecular weight is 349 g/mol. The number of methoxy groups -OCH3 is 1. The molecule has 2 rings (SSSR count). The second kappa shape index (κ2) is 7.83. The van der Waals surface area contributed by atoms with E-state index in [1.54, 1.807) is 42.5 Å². The van der Waals surface area contributed by atoms with Gasteiger partial charge in [-0.25, -0.2) is 8.42 Å². The number of hydrogen-bond donors (Lipinski definition) is 1. The predicted octanol–water partition coefficient (Wildman–Crippen LogP) is 2.04. The lowest BCUT2D eigenvalue weighted by atomic mass is 10.2. The van der Waals surface area contributed by atoms with E-state index in [2.05, 4.69) is 0 Å². The molecule has 0 heterocycles. The first-order valence-corrected chi connectivity index (χ1v) is 8.98. The maximum atomic E-state index is 12.2. The lowest BCUT2D eigenvalue weighted by Gasteiger charge is -2.11. The van der Waals surface area contributed by atoms with Crippen molar-refractivity contribution in [3.63, 3.8) is 0 Å². The number of nitrogens with two attached hydrogens (primary N) is 1. The zero-order chi connectivity index (χ0) is 17.6. The molecule has 2 N–H and O–H groups in total. The first kappa shape index (κ1) is 17.8. The van der Waals surface area contributed by atoms with E-state index < -0.39 is 15.7 Å². The molecule has 0 aliphatic carbocycles. The Balaban J connectivity index is 1.98. The Morgan fingerprint density at radius 3 is 2.46 bits per heavy atom. The van der Waals surface area contributed by atoms with Crippen molar-refractivity contribution in [3.8, 4) is 11.5 Å². The summed E-state index contributed by atoms with van der Waals surface area (Å²) in [5.41, 5.74) is 5.52. The topological polar surface area (TPSA) is 95.7 Å². The Hall–Kier alpha value is -2.54. The van der Waals surface area contributed by atoms with E-state index in [1.807, 2.05) is 0 Å². The van der Waals surface area contributed by atoms with Crippen LogP contribution in [0, 0.1) is 0 Å². The third kappa shape index (κ3) is 4.48. The van der Waals surface area contributed by atoms with Crippen LogP contribution in [0.1, 0.15) is 16.8 Å². The number of hydrogen-bond acceptors (Lipinski definition) is 5. The number of carbonyl (C=O) groups is 1. The molecule has 0 bridgehead atoms. The number of sulfone groups is 1. The van der Waals surface area contributed by atoms with Gasteiger partial charge in [0, 0.05) is 6.07 Å². The monoisotopic (exact) mass is 349 g/mol. The average Bonchev–Trinajstić information content (AvgIpc) is 2.59. The number of primary amides is 1. The van der Waals surface area contributed by atoms with Crippen molar-refractivity contribution in [2.45, 2.75) is 11.3 Å². The summed E-state index contributed by atoms with van der Waals surface area (Å²) in [6.07, 6.45) is 0.284. The van der Waals surface area contributed by atoms with Crippen molar-refractivity contribution in [1.29, 1.82) is 0 Å². The van der Waals surface area contributed by atoms with Gasteiger partial charge in [0.15, 0.2) is 9.84 Å². The molecular weight excluding hydrogens is 330 g/mol. The highest BCUT2D eigenvalue weighted by atomic mass is 32.2. The smallest absolute Gasteiger partial charge is 0.252 e. The molecule has 0 radical (unpaired) electrons. The molecule has 24 heavy (non-hydrogen) atoms. The Kier molecular flexibility index (Phi) is 5.81. The van der Waals surface area contributed by atoms with Gasteiger partial charge in [0.1, 0.15) is 11.5 Å². The van der Waals surface area contributed by atoms with Gasteiger partial charge in [-0.1, -0.05) is 18.2 Å². The zero-order valence-corrected chi connectivity index (χ0v) is 14.1. The van der Waals surface area contributed by atoms with Gasteiger partial charge in [0.05, 0.1) is 29.9 Å². The number of carbonyl (C=O) groups excluding carboxylic acids is 1. The molecule has 0 aliphatic rings. The molecule has 0 saturated heterocycles. The third-order valence-electron chi connectivity index (χ3n) is 3.37. The van der Waals surface area contributed by atoms with E-state index in [4.69, 9.17) is 15.2 Å². The minimum absolute atomic E-state index is 0.0487. The largest absolute Gasteiger partial charge is 0.497 e. The molecule has 2 aromatic carbocycles. The third-order valence-corrected chi connectivity index (χ3v) is 5.19. The Morgan fingerprint density at radius 2 is 1.83 bits per heavy atom. The van der Waals surface area contributed by atoms with E-state index in [9.17, 15) is 13.2 Å². The molecule has 128 valence electrons. The van der Waals surface area contributed by atoms with E-state index >= 15 is 0 Å². The van der Waals surface area contributed by atoms with Crippen molar-refractivity contribution in [1.82, 2.24) is 0 Å². The number of benzene rings is 2. The van der Waals surface area contributed by atoms with Crippen LogP contribution in [0.25, 0.3) is 0 Å². The van der Waals surface area contributed by atoms with Crippen LogP contribution in [0.2, 0.25) is 0 Å². The summed E-state index contributed by atoms with van der Waals surface area (Å²) in [6.45, 7) is 0.138. The molecule has 0 atom stereocenters. The van der Waals surface area contributed by atoms with Gasteiger partial charge in [0.25, 0.3) is 5.91 Å². The fraction of sp³-hybridized carbons (Fsp3) is 0.235. The summed E-state index contributed by atoms with van der Waals surface area (Å²) in [5.74, 6) is 0.128. The van der Waals surface area contributed by atoms with Crippen LogP contribution in [0.15, 0.2) is 53.4 Å². The number of rotatable bonds is 8. The van der Waals surface area contributed by atoms with Gasteiger partial charge >= 0.3 is 0 Å². The van der Waals surface area contributed by atoms with Crippen molar-refractivity contribution < 1.29 is 22.7 Å². The van der Waals surface area contributed by atoms with Gasteiger partial charge in [-0.15, -0.1) is 0 Å². The minimum atomic E-state index is -3.35. The van der Waals surface area contributed by atoms with Gasteiger partial charge in [-0.05, 0) is 30.7 Å². The van der Waals surface area contributed by atoms with Gasteiger partial charge in [-0.2, -0.15) is 0 Å². The summed E-state index contributed by atoms with van der Waals surface area (Å²) in [5, 5.41) is 0. The summed E-state index contributed by atoms with van der Waals surface area (Å²) in [7, 11) is -1.85. The summed E-state index contributed by atoms with van der Waals surface area (Å²) >= 11 is 0. The second-order valence-corrected chi connectivity index (χ2v) is 7.17. The highest BCUT2D eigenvalue weighted by molar-refractivity contribution is 7.91. The van der Waals surface area contributed by atoms with Crippen LogP contribution in [0.4, 0.5) is 0 Å². The summed E-state index contributed by atoms with van der Waals surface area (Å²) < 4.78 is 34.9. The SMILES string of the molecule is COc1ccc(C(N)=O)c(OCCCS(=O)(=O)c2ccccc2)c1. The van der Waals surface area contributed by atoms with Crippen molar-refractivity contribution in [3.05, 3.63) is 54.1 Å². The van der Waals surface area contributed by atoms with Crippen LogP contribution < -0.4 is 15.2 Å². The molecule has 0 aliphatic heterocycles. The molecule has 0 unspecified atom stereocenters. The van der Waals surface area contributed by atoms with Crippen LogP contribution in [0.5, 0.6) is 11.5 Å². The minimum Gasteiger partial charge on any atom is -0.497 e. The summed E-state index contributed by atoms with van der Waals surface area (Å²) in [4.78, 5) is 11.7. The fourth-order valence-corrected chi connectivity index (χ4v) is 3.43. The van der Waals surface area contributed by atoms with Crippen LogP contribution in [-0.2, 0) is 9.84 Å². The van der Waals surface area contributed by atoms with Gasteiger partial charge in [-0.3, -0.25) is 4.79 Å². The first-order chi connectivity index (χ1) is 11.4. The van der Waals surface area contributed by atoms with Gasteiger partial charge in [0.2, 0.25) is 0 Å². The molecule has 0 aromatic heterocycles. The van der Waals surface area contributed by atoms with Crippen molar-refractivity contribution >= 4 is 15.7 Å². The van der Waals surface area contributed by atoms with Crippen molar-refractivity contribution in [2.75, 3.05) is 19.5 Å². The number of amides is 1. The second-order valence-electron chi connectivity index (χ2n) is 5.06. The lowest BCUT2D eigenvalue weighted by Crippen LogP contribution is -2.15. The predicted molar refractivity (Wildman–Crippen MR) is 90.1 cm³/mol. The van der Waals surface area contributed by atoms with E-state index in [0.717, 1.165) is 0 Å². The highest BCUT2D eigenvalue weighted by Crippen LogP contribution is 2.24. The normalized spacial score (nSPS) is 11.0. The highest BCUT2D eigenvalue weighted by Gasteiger charge is 2.15. The molecule has 6 nitrogen and oxygen atoms in total. The van der Waals surface area contributed by atoms with E-state index in [1.165, 1.54) is 13.2 Å². The van der Waals surface area contributed by atoms with E-state index in [0.29, 0.717) is 5.75 Å². The zero-order valence-electron chi connectivity index (χ0n) is 13.3. The standard InChI is InChI=1S/C17H19NO5S/c1-22-13-8-9-15(17(18)19)16(12-13)23-10-5-11-24(20,21)14-6-3-2-4-7-14/h2-4,6-9,12H,5,10-11H2,1H3,(H2,18,19). The van der Waals surface area contributed by atoms with Crippen LogP contribution in [0.3, 0.4) is 0 Å². The molecule has 0 fully saturated rings. The van der Waals surface area contributed by atoms with Crippen LogP contribution in [-0.4, -0.2) is 33.8 Å². The fourth-order valence-electron chi connectivity index (χ4n) is 2.13. The number of ether oxygens (including phenoxy) is 2. The van der Waals surface area contributed by atoms with Crippen molar-refractivity contribution in [2.24, 2.45) is 5.73 Å².